The van der Waals surface area contributed by atoms with Crippen molar-refractivity contribution < 1.29 is 9.53 Å². The molecule has 0 bridgehead atoms. The van der Waals surface area contributed by atoms with Crippen LogP contribution < -0.4 is 0 Å². The van der Waals surface area contributed by atoms with Gasteiger partial charge in [0.2, 0.25) is 5.91 Å². The molecule has 1 fully saturated rings. The van der Waals surface area contributed by atoms with Gasteiger partial charge >= 0.3 is 0 Å². The average molecular weight is 474 g/mol. The zero-order valence-electron chi connectivity index (χ0n) is 19.6. The highest BCUT2D eigenvalue weighted by atomic mass is 32.1. The van der Waals surface area contributed by atoms with E-state index in [1.54, 1.807) is 11.3 Å². The molecule has 6 heteroatoms. The average Bonchev–Trinajstić information content (AvgIpc) is 3.62. The third-order valence-corrected chi connectivity index (χ3v) is 7.55. The van der Waals surface area contributed by atoms with E-state index >= 15 is 0 Å². The first kappa shape index (κ1) is 22.8. The standard InChI is InChI=1S/C28H31N3O2S/c1-2-25(21-10-5-3-6-11-21)27(32)30(18-24-14-9-17-33-24)16-15-23-20-34-28-29-26(19-31(23)28)22-12-7-4-8-13-22/h3-8,10-13,19-20,24-25H,2,9,14-18H2,1H3. The maximum Gasteiger partial charge on any atom is 0.230 e. The van der Waals surface area contributed by atoms with Gasteiger partial charge in [0.15, 0.2) is 4.96 Å². The molecule has 2 unspecified atom stereocenters. The summed E-state index contributed by atoms with van der Waals surface area (Å²) >= 11 is 1.65. The fourth-order valence-corrected chi connectivity index (χ4v) is 5.70. The summed E-state index contributed by atoms with van der Waals surface area (Å²) in [6.45, 7) is 4.23. The Kier molecular flexibility index (Phi) is 7.07. The number of benzene rings is 2. The zero-order valence-corrected chi connectivity index (χ0v) is 20.4. The van der Waals surface area contributed by atoms with Gasteiger partial charge in [-0.2, -0.15) is 0 Å². The Labute approximate surface area is 205 Å². The van der Waals surface area contributed by atoms with E-state index in [-0.39, 0.29) is 17.9 Å². The smallest absolute Gasteiger partial charge is 0.230 e. The van der Waals surface area contributed by atoms with Crippen molar-refractivity contribution in [3.8, 4) is 11.3 Å². The van der Waals surface area contributed by atoms with E-state index in [1.165, 1.54) is 5.69 Å². The second-order valence-electron chi connectivity index (χ2n) is 8.91. The van der Waals surface area contributed by atoms with Crippen LogP contribution in [-0.4, -0.2) is 46.0 Å². The number of carbonyl (C=O) groups is 1. The molecule has 0 N–H and O–H groups in total. The van der Waals surface area contributed by atoms with Crippen LogP contribution in [-0.2, 0) is 16.0 Å². The van der Waals surface area contributed by atoms with Gasteiger partial charge in [-0.15, -0.1) is 11.3 Å². The Balaban J connectivity index is 1.35. The van der Waals surface area contributed by atoms with Gasteiger partial charge in [-0.05, 0) is 24.8 Å². The molecule has 4 aromatic rings. The number of rotatable bonds is 9. The highest BCUT2D eigenvalue weighted by Gasteiger charge is 2.28. The van der Waals surface area contributed by atoms with Crippen LogP contribution in [0.1, 0.15) is 43.4 Å². The van der Waals surface area contributed by atoms with Crippen LogP contribution in [0.15, 0.2) is 72.2 Å². The molecule has 2 aromatic heterocycles. The molecular formula is C28H31N3O2S. The predicted octanol–water partition coefficient (Wildman–Crippen LogP) is 5.81. The summed E-state index contributed by atoms with van der Waals surface area (Å²) in [5, 5.41) is 2.17. The Morgan fingerprint density at radius 2 is 1.94 bits per heavy atom. The number of thiazole rings is 1. The molecular weight excluding hydrogens is 442 g/mol. The summed E-state index contributed by atoms with van der Waals surface area (Å²) in [6.07, 6.45) is 5.92. The van der Waals surface area contributed by atoms with Crippen molar-refractivity contribution in [2.75, 3.05) is 19.7 Å². The van der Waals surface area contributed by atoms with Crippen LogP contribution in [0.2, 0.25) is 0 Å². The number of nitrogens with zero attached hydrogens (tertiary/aromatic N) is 3. The predicted molar refractivity (Wildman–Crippen MR) is 137 cm³/mol. The maximum atomic E-state index is 13.7. The number of imidazole rings is 1. The Morgan fingerprint density at radius 1 is 1.18 bits per heavy atom. The van der Waals surface area contributed by atoms with Gasteiger partial charge < -0.3 is 9.64 Å². The third-order valence-electron chi connectivity index (χ3n) is 6.66. The van der Waals surface area contributed by atoms with Gasteiger partial charge in [0.1, 0.15) is 0 Å². The van der Waals surface area contributed by atoms with E-state index in [0.717, 1.165) is 54.1 Å². The molecule has 0 radical (unpaired) electrons. The number of amides is 1. The van der Waals surface area contributed by atoms with E-state index in [9.17, 15) is 4.79 Å². The Bertz CT molecular complexity index is 1210. The second kappa shape index (κ2) is 10.5. The molecule has 1 aliphatic rings. The minimum absolute atomic E-state index is 0.122. The lowest BCUT2D eigenvalue weighted by Crippen LogP contribution is -2.41. The first-order chi connectivity index (χ1) is 16.7. The lowest BCUT2D eigenvalue weighted by molar-refractivity contribution is -0.134. The van der Waals surface area contributed by atoms with Crippen molar-refractivity contribution in [3.05, 3.63) is 83.5 Å². The van der Waals surface area contributed by atoms with E-state index in [0.29, 0.717) is 13.1 Å². The van der Waals surface area contributed by atoms with Crippen molar-refractivity contribution in [2.45, 2.75) is 44.6 Å². The van der Waals surface area contributed by atoms with Crippen LogP contribution in [0, 0.1) is 0 Å². The van der Waals surface area contributed by atoms with Gasteiger partial charge in [-0.1, -0.05) is 67.6 Å². The highest BCUT2D eigenvalue weighted by Crippen LogP contribution is 2.26. The molecule has 1 amide bonds. The van der Waals surface area contributed by atoms with Crippen LogP contribution in [0.5, 0.6) is 0 Å². The summed E-state index contributed by atoms with van der Waals surface area (Å²) in [6, 6.07) is 20.4. The number of carbonyl (C=O) groups excluding carboxylic acids is 1. The molecule has 0 aliphatic carbocycles. The van der Waals surface area contributed by atoms with E-state index in [2.05, 4.69) is 47.2 Å². The monoisotopic (exact) mass is 473 g/mol. The van der Waals surface area contributed by atoms with Crippen LogP contribution in [0.3, 0.4) is 0 Å². The van der Waals surface area contributed by atoms with E-state index in [4.69, 9.17) is 9.72 Å². The first-order valence-corrected chi connectivity index (χ1v) is 13.1. The SMILES string of the molecule is CCC(C(=O)N(CCc1csc2nc(-c3ccccc3)cn12)CC1CCCO1)c1ccccc1. The Morgan fingerprint density at radius 3 is 2.65 bits per heavy atom. The zero-order chi connectivity index (χ0) is 23.3. The van der Waals surface area contributed by atoms with Gasteiger partial charge in [0.25, 0.3) is 0 Å². The fourth-order valence-electron chi connectivity index (χ4n) is 4.79. The molecule has 34 heavy (non-hydrogen) atoms. The molecule has 1 saturated heterocycles. The molecule has 3 heterocycles. The fraction of sp³-hybridized carbons (Fsp3) is 0.357. The molecule has 2 atom stereocenters. The minimum atomic E-state index is -0.122. The summed E-state index contributed by atoms with van der Waals surface area (Å²) < 4.78 is 8.08. The minimum Gasteiger partial charge on any atom is -0.376 e. The number of hydrogen-bond donors (Lipinski definition) is 0. The van der Waals surface area contributed by atoms with Crippen LogP contribution >= 0.6 is 11.3 Å². The first-order valence-electron chi connectivity index (χ1n) is 12.2. The van der Waals surface area contributed by atoms with Crippen molar-refractivity contribution in [1.29, 1.82) is 0 Å². The lowest BCUT2D eigenvalue weighted by atomic mass is 9.94. The van der Waals surface area contributed by atoms with Gasteiger partial charge in [0, 0.05) is 49.0 Å². The largest absolute Gasteiger partial charge is 0.376 e. The van der Waals surface area contributed by atoms with Gasteiger partial charge in [-0.25, -0.2) is 4.98 Å². The number of hydrogen-bond acceptors (Lipinski definition) is 4. The molecule has 176 valence electrons. The maximum absolute atomic E-state index is 13.7. The second-order valence-corrected chi connectivity index (χ2v) is 9.75. The van der Waals surface area contributed by atoms with Gasteiger partial charge in [-0.3, -0.25) is 9.20 Å². The molecule has 1 aliphatic heterocycles. The molecule has 0 spiro atoms. The van der Waals surface area contributed by atoms with Crippen LogP contribution in [0.4, 0.5) is 0 Å². The van der Waals surface area contributed by atoms with E-state index < -0.39 is 0 Å². The highest BCUT2D eigenvalue weighted by molar-refractivity contribution is 7.15. The summed E-state index contributed by atoms with van der Waals surface area (Å²) in [5.41, 5.74) is 4.38. The van der Waals surface area contributed by atoms with Crippen molar-refractivity contribution in [2.24, 2.45) is 0 Å². The molecule has 5 nitrogen and oxygen atoms in total. The van der Waals surface area contributed by atoms with Crippen molar-refractivity contribution >= 4 is 22.2 Å². The van der Waals surface area contributed by atoms with Crippen LogP contribution in [0.25, 0.3) is 16.2 Å². The van der Waals surface area contributed by atoms with Gasteiger partial charge in [0.05, 0.1) is 17.7 Å². The number of fused-ring (bicyclic) bond motifs is 1. The number of ether oxygens (including phenoxy) is 1. The third kappa shape index (κ3) is 4.93. The van der Waals surface area contributed by atoms with Crippen molar-refractivity contribution in [1.82, 2.24) is 14.3 Å². The number of aromatic nitrogens is 2. The molecule has 0 saturated carbocycles. The quantitative estimate of drug-likeness (QED) is 0.308. The summed E-state index contributed by atoms with van der Waals surface area (Å²) in [4.78, 5) is 21.6. The topological polar surface area (TPSA) is 46.8 Å². The Hall–Kier alpha value is -2.96. The molecule has 2 aromatic carbocycles. The summed E-state index contributed by atoms with van der Waals surface area (Å²) in [5.74, 6) is 0.0781. The van der Waals surface area contributed by atoms with Crippen molar-refractivity contribution in [3.63, 3.8) is 0 Å². The molecule has 5 rings (SSSR count). The van der Waals surface area contributed by atoms with E-state index in [1.807, 2.05) is 41.3 Å². The summed E-state index contributed by atoms with van der Waals surface area (Å²) in [7, 11) is 0. The lowest BCUT2D eigenvalue weighted by Gasteiger charge is -2.29. The normalized spacial score (nSPS) is 16.7.